The molecule has 1 amide bonds. The van der Waals surface area contributed by atoms with Crippen LogP contribution in [0.25, 0.3) is 0 Å². The number of rotatable bonds is 6. The predicted octanol–water partition coefficient (Wildman–Crippen LogP) is 1.66. The summed E-state index contributed by atoms with van der Waals surface area (Å²) in [5.74, 6) is 0.895. The van der Waals surface area contributed by atoms with E-state index in [9.17, 15) is 4.79 Å². The highest BCUT2D eigenvalue weighted by Crippen LogP contribution is 2.29. The van der Waals surface area contributed by atoms with Crippen LogP contribution in [-0.4, -0.2) is 37.0 Å². The Bertz CT molecular complexity index is 422. The van der Waals surface area contributed by atoms with E-state index in [1.807, 2.05) is 31.1 Å². The molecule has 1 fully saturated rings. The van der Waals surface area contributed by atoms with Crippen LogP contribution in [0.3, 0.4) is 0 Å². The number of carbonyl (C=O) groups excluding carboxylic acids is 1. The third-order valence-electron chi connectivity index (χ3n) is 4.10. The number of hydrogen-bond acceptors (Lipinski definition) is 4. The van der Waals surface area contributed by atoms with Crippen molar-refractivity contribution in [2.45, 2.75) is 43.7 Å². The van der Waals surface area contributed by atoms with E-state index in [2.05, 4.69) is 5.32 Å². The summed E-state index contributed by atoms with van der Waals surface area (Å²) >= 11 is 0. The Morgan fingerprint density at radius 2 is 2.20 bits per heavy atom. The number of carbonyl (C=O) groups is 1. The van der Waals surface area contributed by atoms with Gasteiger partial charge in [-0.1, -0.05) is 12.8 Å². The topological polar surface area (TPSA) is 71.5 Å². The van der Waals surface area contributed by atoms with E-state index in [0.717, 1.165) is 31.4 Å². The molecule has 5 heteroatoms. The van der Waals surface area contributed by atoms with Gasteiger partial charge in [0.15, 0.2) is 0 Å². The first-order valence-electron chi connectivity index (χ1n) is 7.26. The van der Waals surface area contributed by atoms with Gasteiger partial charge in [-0.3, -0.25) is 9.69 Å². The molecule has 1 aliphatic rings. The highest BCUT2D eigenvalue weighted by molar-refractivity contribution is 5.77. The van der Waals surface area contributed by atoms with Crippen molar-refractivity contribution in [1.29, 1.82) is 0 Å². The summed E-state index contributed by atoms with van der Waals surface area (Å²) in [6.45, 7) is 0.537. The van der Waals surface area contributed by atoms with Crippen LogP contribution in [-0.2, 0) is 4.79 Å². The third-order valence-corrected chi connectivity index (χ3v) is 4.10. The summed E-state index contributed by atoms with van der Waals surface area (Å²) in [6, 6.07) is 3.84. The summed E-state index contributed by atoms with van der Waals surface area (Å²) in [5.41, 5.74) is 5.94. The molecule has 2 rings (SSSR count). The van der Waals surface area contributed by atoms with Crippen LogP contribution < -0.4 is 11.1 Å². The second-order valence-electron chi connectivity index (χ2n) is 6.05. The van der Waals surface area contributed by atoms with Gasteiger partial charge in [-0.2, -0.15) is 0 Å². The van der Waals surface area contributed by atoms with Gasteiger partial charge in [-0.15, -0.1) is 0 Å². The minimum absolute atomic E-state index is 0.0350. The minimum atomic E-state index is -0.289. The second kappa shape index (κ2) is 6.41. The lowest BCUT2D eigenvalue weighted by atomic mass is 9.94. The van der Waals surface area contributed by atoms with Crippen molar-refractivity contribution >= 4 is 5.91 Å². The fraction of sp³-hybridized carbons (Fsp3) is 0.667. The molecule has 0 aromatic carbocycles. The molecule has 1 atom stereocenters. The average Bonchev–Trinajstić information content (AvgIpc) is 3.01. The number of nitrogens with one attached hydrogen (secondary N) is 1. The molecule has 0 saturated heterocycles. The number of furan rings is 1. The van der Waals surface area contributed by atoms with Gasteiger partial charge in [0.1, 0.15) is 5.76 Å². The summed E-state index contributed by atoms with van der Waals surface area (Å²) in [4.78, 5) is 14.1. The zero-order valence-electron chi connectivity index (χ0n) is 12.4. The normalized spacial score (nSPS) is 19.2. The van der Waals surface area contributed by atoms with Crippen molar-refractivity contribution in [2.75, 3.05) is 20.6 Å². The van der Waals surface area contributed by atoms with E-state index >= 15 is 0 Å². The maximum Gasteiger partial charge on any atom is 0.221 e. The Balaban J connectivity index is 1.85. The van der Waals surface area contributed by atoms with Gasteiger partial charge in [0.25, 0.3) is 0 Å². The Labute approximate surface area is 120 Å². The van der Waals surface area contributed by atoms with Crippen molar-refractivity contribution in [3.8, 4) is 0 Å². The molecular weight excluding hydrogens is 254 g/mol. The Morgan fingerprint density at radius 3 is 2.75 bits per heavy atom. The van der Waals surface area contributed by atoms with Crippen LogP contribution in [0.5, 0.6) is 0 Å². The average molecular weight is 279 g/mol. The maximum atomic E-state index is 12.1. The molecule has 5 nitrogen and oxygen atoms in total. The van der Waals surface area contributed by atoms with Gasteiger partial charge in [-0.05, 0) is 39.1 Å². The summed E-state index contributed by atoms with van der Waals surface area (Å²) in [6.07, 6.45) is 6.25. The summed E-state index contributed by atoms with van der Waals surface area (Å²) in [7, 11) is 3.95. The Kier molecular flexibility index (Phi) is 4.83. The van der Waals surface area contributed by atoms with Crippen LogP contribution in [0.1, 0.15) is 43.9 Å². The molecule has 0 radical (unpaired) electrons. The molecule has 0 bridgehead atoms. The van der Waals surface area contributed by atoms with Crippen LogP contribution in [0, 0.1) is 0 Å². The van der Waals surface area contributed by atoms with Crippen molar-refractivity contribution in [2.24, 2.45) is 5.73 Å². The Hall–Kier alpha value is -1.33. The highest BCUT2D eigenvalue weighted by atomic mass is 16.3. The molecule has 1 aromatic rings. The fourth-order valence-electron chi connectivity index (χ4n) is 2.87. The van der Waals surface area contributed by atoms with Gasteiger partial charge in [0.2, 0.25) is 5.91 Å². The molecule has 1 aromatic heterocycles. The molecule has 1 unspecified atom stereocenters. The molecule has 3 N–H and O–H groups in total. The zero-order chi connectivity index (χ0) is 14.6. The first-order chi connectivity index (χ1) is 9.50. The largest absolute Gasteiger partial charge is 0.468 e. The van der Waals surface area contributed by atoms with Crippen LogP contribution in [0.2, 0.25) is 0 Å². The fourth-order valence-corrected chi connectivity index (χ4v) is 2.87. The van der Waals surface area contributed by atoms with Crippen LogP contribution in [0.4, 0.5) is 0 Å². The number of likely N-dealkylation sites (N-methyl/N-ethyl adjacent to an activating group) is 1. The summed E-state index contributed by atoms with van der Waals surface area (Å²) < 4.78 is 5.42. The van der Waals surface area contributed by atoms with E-state index in [1.165, 1.54) is 0 Å². The van der Waals surface area contributed by atoms with Crippen molar-refractivity contribution in [1.82, 2.24) is 10.2 Å². The zero-order valence-corrected chi connectivity index (χ0v) is 12.4. The van der Waals surface area contributed by atoms with Gasteiger partial charge in [0.05, 0.1) is 12.3 Å². The predicted molar refractivity (Wildman–Crippen MR) is 78.1 cm³/mol. The highest BCUT2D eigenvalue weighted by Gasteiger charge is 2.31. The number of hydrogen-bond donors (Lipinski definition) is 2. The molecule has 1 saturated carbocycles. The number of nitrogens with zero attached hydrogens (tertiary/aromatic N) is 1. The van der Waals surface area contributed by atoms with Gasteiger partial charge in [0, 0.05) is 18.5 Å². The van der Waals surface area contributed by atoms with Crippen LogP contribution in [0.15, 0.2) is 22.8 Å². The van der Waals surface area contributed by atoms with Gasteiger partial charge in [-0.25, -0.2) is 0 Å². The molecular formula is C15H25N3O2. The number of nitrogens with two attached hydrogens (primary N) is 1. The van der Waals surface area contributed by atoms with E-state index in [-0.39, 0.29) is 17.5 Å². The molecule has 0 aliphatic heterocycles. The minimum Gasteiger partial charge on any atom is -0.468 e. The van der Waals surface area contributed by atoms with Crippen LogP contribution >= 0.6 is 0 Å². The van der Waals surface area contributed by atoms with Crippen molar-refractivity contribution < 1.29 is 9.21 Å². The first-order valence-corrected chi connectivity index (χ1v) is 7.26. The lowest BCUT2D eigenvalue weighted by Gasteiger charge is -2.25. The lowest BCUT2D eigenvalue weighted by molar-refractivity contribution is -0.122. The smallest absolute Gasteiger partial charge is 0.221 e. The van der Waals surface area contributed by atoms with E-state index in [1.54, 1.807) is 6.26 Å². The first kappa shape index (κ1) is 15.1. The third kappa shape index (κ3) is 3.84. The van der Waals surface area contributed by atoms with Crippen molar-refractivity contribution in [3.05, 3.63) is 24.2 Å². The van der Waals surface area contributed by atoms with E-state index in [4.69, 9.17) is 10.2 Å². The maximum absolute atomic E-state index is 12.1. The monoisotopic (exact) mass is 279 g/mol. The summed E-state index contributed by atoms with van der Waals surface area (Å²) in [5, 5.41) is 2.98. The molecule has 1 aliphatic carbocycles. The quantitative estimate of drug-likeness (QED) is 0.831. The standard InChI is InChI=1S/C15H25N3O2/c1-18(2)12(13-6-5-9-20-13)11-17-14(19)10-15(16)7-3-4-8-15/h5-6,9,12H,3-4,7-8,10-11,16H2,1-2H3,(H,17,19). The van der Waals surface area contributed by atoms with E-state index in [0.29, 0.717) is 13.0 Å². The van der Waals surface area contributed by atoms with E-state index < -0.39 is 0 Å². The van der Waals surface area contributed by atoms with Gasteiger partial charge >= 0.3 is 0 Å². The van der Waals surface area contributed by atoms with Crippen molar-refractivity contribution in [3.63, 3.8) is 0 Å². The number of amides is 1. The molecule has 0 spiro atoms. The lowest BCUT2D eigenvalue weighted by Crippen LogP contribution is -2.43. The van der Waals surface area contributed by atoms with Gasteiger partial charge < -0.3 is 15.5 Å². The SMILES string of the molecule is CN(C)C(CNC(=O)CC1(N)CCCC1)c1ccco1. The molecule has 20 heavy (non-hydrogen) atoms. The molecule has 1 heterocycles. The Morgan fingerprint density at radius 1 is 1.50 bits per heavy atom. The second-order valence-corrected chi connectivity index (χ2v) is 6.05. The molecule has 112 valence electrons.